The van der Waals surface area contributed by atoms with Gasteiger partial charge in [0.05, 0.1) is 5.69 Å². The molecule has 4 rings (SSSR count). The average molecular weight is 376 g/mol. The number of hydrogen-bond donors (Lipinski definition) is 4. The molecule has 1 aliphatic carbocycles. The minimum atomic E-state index is 0.266. The monoisotopic (exact) mass is 376 g/mol. The molecular formula is C20H24N8. The first kappa shape index (κ1) is 18.0. The van der Waals surface area contributed by atoms with E-state index in [1.807, 2.05) is 6.07 Å². The van der Waals surface area contributed by atoms with Crippen molar-refractivity contribution >= 4 is 23.5 Å². The van der Waals surface area contributed by atoms with Gasteiger partial charge in [-0.3, -0.25) is 0 Å². The van der Waals surface area contributed by atoms with Crippen LogP contribution in [0.1, 0.15) is 24.0 Å². The van der Waals surface area contributed by atoms with Gasteiger partial charge in [0.15, 0.2) is 0 Å². The highest BCUT2D eigenvalue weighted by molar-refractivity contribution is 5.73. The predicted molar refractivity (Wildman–Crippen MR) is 112 cm³/mol. The fraction of sp³-hybridized carbons (Fsp3) is 0.300. The second-order valence-electron chi connectivity index (χ2n) is 6.78. The van der Waals surface area contributed by atoms with Crippen molar-refractivity contribution in [1.82, 2.24) is 19.9 Å². The van der Waals surface area contributed by atoms with Gasteiger partial charge < -0.3 is 22.1 Å². The molecule has 3 aromatic rings. The van der Waals surface area contributed by atoms with Gasteiger partial charge in [0.1, 0.15) is 11.6 Å². The number of benzene rings is 1. The van der Waals surface area contributed by atoms with E-state index in [4.69, 9.17) is 11.5 Å². The summed E-state index contributed by atoms with van der Waals surface area (Å²) in [7, 11) is 0. The first-order valence-electron chi connectivity index (χ1n) is 9.51. The van der Waals surface area contributed by atoms with E-state index in [1.165, 1.54) is 5.56 Å². The zero-order valence-electron chi connectivity index (χ0n) is 15.7. The van der Waals surface area contributed by atoms with Gasteiger partial charge >= 0.3 is 0 Å². The number of nitrogens with one attached hydrogen (secondary N) is 2. The Bertz CT molecular complexity index is 972. The van der Waals surface area contributed by atoms with E-state index in [1.54, 1.807) is 12.3 Å². The lowest BCUT2D eigenvalue weighted by atomic mass is 10.0. The topological polar surface area (TPSA) is 128 Å². The van der Waals surface area contributed by atoms with Gasteiger partial charge in [-0.2, -0.15) is 9.97 Å². The molecule has 0 unspecified atom stereocenters. The molecule has 2 heterocycles. The summed E-state index contributed by atoms with van der Waals surface area (Å²) in [5.74, 6) is 2.13. The van der Waals surface area contributed by atoms with Crippen LogP contribution in [0.25, 0.3) is 11.3 Å². The highest BCUT2D eigenvalue weighted by Gasteiger charge is 2.20. The Kier molecular flexibility index (Phi) is 5.18. The molecule has 2 aromatic heterocycles. The molecule has 1 aliphatic rings. The van der Waals surface area contributed by atoms with Gasteiger partial charge in [-0.25, -0.2) is 9.97 Å². The third kappa shape index (κ3) is 3.95. The minimum Gasteiger partial charge on any atom is -0.370 e. The Balaban J connectivity index is 1.44. The molecule has 144 valence electrons. The first-order chi connectivity index (χ1) is 13.7. The van der Waals surface area contributed by atoms with Crippen molar-refractivity contribution in [3.63, 3.8) is 0 Å². The zero-order chi connectivity index (χ0) is 19.3. The van der Waals surface area contributed by atoms with E-state index in [0.29, 0.717) is 5.95 Å². The summed E-state index contributed by atoms with van der Waals surface area (Å²) in [6.45, 7) is 1.52. The molecule has 1 aromatic carbocycles. The van der Waals surface area contributed by atoms with Crippen LogP contribution in [0, 0.1) is 0 Å². The Hall–Kier alpha value is -3.42. The van der Waals surface area contributed by atoms with Gasteiger partial charge in [0, 0.05) is 30.4 Å². The maximum absolute atomic E-state index is 6.01. The molecule has 0 fully saturated rings. The van der Waals surface area contributed by atoms with Crippen LogP contribution in [0.15, 0.2) is 36.5 Å². The minimum absolute atomic E-state index is 0.266. The molecular weight excluding hydrogens is 352 g/mol. The Morgan fingerprint density at radius 1 is 0.893 bits per heavy atom. The molecule has 0 spiro atoms. The molecule has 0 radical (unpaired) electrons. The van der Waals surface area contributed by atoms with Gasteiger partial charge in [0.2, 0.25) is 11.9 Å². The second-order valence-corrected chi connectivity index (χ2v) is 6.78. The predicted octanol–water partition coefficient (Wildman–Crippen LogP) is 2.50. The maximum Gasteiger partial charge on any atom is 0.222 e. The van der Waals surface area contributed by atoms with Gasteiger partial charge in [-0.1, -0.05) is 24.3 Å². The molecule has 0 aliphatic heterocycles. The fourth-order valence-electron chi connectivity index (χ4n) is 3.52. The molecule has 0 atom stereocenters. The molecule has 6 N–H and O–H groups in total. The lowest BCUT2D eigenvalue weighted by molar-refractivity contribution is 0.825. The summed E-state index contributed by atoms with van der Waals surface area (Å²) in [4.78, 5) is 17.0. The van der Waals surface area contributed by atoms with Crippen molar-refractivity contribution in [1.29, 1.82) is 0 Å². The second kappa shape index (κ2) is 8.08. The van der Waals surface area contributed by atoms with E-state index in [9.17, 15) is 0 Å². The Labute approximate surface area is 163 Å². The third-order valence-electron chi connectivity index (χ3n) is 4.80. The molecule has 8 nitrogen and oxygen atoms in total. The summed E-state index contributed by atoms with van der Waals surface area (Å²) in [6.07, 6.45) is 5.57. The SMILES string of the molecule is Nc1nccc(NCCCNc2nc(N)nc3c2CCCc2ccccc2-3)n1. The summed E-state index contributed by atoms with van der Waals surface area (Å²) in [6, 6.07) is 10.2. The number of aromatic nitrogens is 4. The van der Waals surface area contributed by atoms with E-state index in [0.717, 1.165) is 67.2 Å². The summed E-state index contributed by atoms with van der Waals surface area (Å²) in [5.41, 5.74) is 16.2. The summed E-state index contributed by atoms with van der Waals surface area (Å²) < 4.78 is 0. The highest BCUT2D eigenvalue weighted by atomic mass is 15.1. The smallest absolute Gasteiger partial charge is 0.222 e. The van der Waals surface area contributed by atoms with Crippen LogP contribution in [-0.2, 0) is 12.8 Å². The van der Waals surface area contributed by atoms with Crippen LogP contribution in [0.4, 0.5) is 23.5 Å². The summed E-state index contributed by atoms with van der Waals surface area (Å²) >= 11 is 0. The zero-order valence-corrected chi connectivity index (χ0v) is 15.7. The lowest BCUT2D eigenvalue weighted by Gasteiger charge is -2.15. The molecule has 28 heavy (non-hydrogen) atoms. The van der Waals surface area contributed by atoms with Crippen molar-refractivity contribution in [2.24, 2.45) is 0 Å². The van der Waals surface area contributed by atoms with Crippen molar-refractivity contribution in [2.75, 3.05) is 35.2 Å². The number of rotatable bonds is 6. The van der Waals surface area contributed by atoms with E-state index in [-0.39, 0.29) is 5.95 Å². The number of anilines is 4. The molecule has 8 heteroatoms. The third-order valence-corrected chi connectivity index (χ3v) is 4.80. The van der Waals surface area contributed by atoms with Crippen LogP contribution in [-0.4, -0.2) is 33.0 Å². The van der Waals surface area contributed by atoms with Crippen LogP contribution in [0.2, 0.25) is 0 Å². The van der Waals surface area contributed by atoms with E-state index < -0.39 is 0 Å². The number of nitrogens with two attached hydrogens (primary N) is 2. The van der Waals surface area contributed by atoms with E-state index in [2.05, 4.69) is 48.8 Å². The van der Waals surface area contributed by atoms with E-state index >= 15 is 0 Å². The Morgan fingerprint density at radius 2 is 1.75 bits per heavy atom. The van der Waals surface area contributed by atoms with Crippen molar-refractivity contribution < 1.29 is 0 Å². The number of nitrogen functional groups attached to an aromatic ring is 2. The normalized spacial score (nSPS) is 12.6. The molecule has 0 saturated carbocycles. The maximum atomic E-state index is 6.01. The van der Waals surface area contributed by atoms with Crippen LogP contribution < -0.4 is 22.1 Å². The largest absolute Gasteiger partial charge is 0.370 e. The lowest BCUT2D eigenvalue weighted by Crippen LogP contribution is -2.14. The number of nitrogens with zero attached hydrogens (tertiary/aromatic N) is 4. The number of aryl methyl sites for hydroxylation is 1. The van der Waals surface area contributed by atoms with Gasteiger partial charge in [0.25, 0.3) is 0 Å². The molecule has 0 bridgehead atoms. The summed E-state index contributed by atoms with van der Waals surface area (Å²) in [5, 5.41) is 6.68. The Morgan fingerprint density at radius 3 is 2.64 bits per heavy atom. The van der Waals surface area contributed by atoms with Crippen LogP contribution in [0.3, 0.4) is 0 Å². The van der Waals surface area contributed by atoms with Gasteiger partial charge in [-0.15, -0.1) is 0 Å². The number of hydrogen-bond acceptors (Lipinski definition) is 8. The first-order valence-corrected chi connectivity index (χ1v) is 9.51. The van der Waals surface area contributed by atoms with Gasteiger partial charge in [-0.05, 0) is 37.3 Å². The highest BCUT2D eigenvalue weighted by Crippen LogP contribution is 2.34. The molecule has 0 amide bonds. The van der Waals surface area contributed by atoms with Crippen LogP contribution >= 0.6 is 0 Å². The number of fused-ring (bicyclic) bond motifs is 3. The molecule has 0 saturated heterocycles. The standard InChI is InChI=1S/C20H24N8/c21-19-25-12-9-16(26-19)23-10-4-11-24-18-15-8-3-6-13-5-1-2-7-14(13)17(15)27-20(22)28-18/h1-2,5,7,9,12H,3-4,6,8,10-11H2,(H3,21,23,25,26)(H3,22,24,27,28). The van der Waals surface area contributed by atoms with Crippen LogP contribution in [0.5, 0.6) is 0 Å². The van der Waals surface area contributed by atoms with Crippen molar-refractivity contribution in [3.05, 3.63) is 47.7 Å². The van der Waals surface area contributed by atoms with Crippen molar-refractivity contribution in [2.45, 2.75) is 25.7 Å². The average Bonchev–Trinajstić information content (AvgIpc) is 2.87. The van der Waals surface area contributed by atoms with Crippen molar-refractivity contribution in [3.8, 4) is 11.3 Å². The fourth-order valence-corrected chi connectivity index (χ4v) is 3.52. The quantitative estimate of drug-likeness (QED) is 0.483.